The summed E-state index contributed by atoms with van der Waals surface area (Å²) in [6.45, 7) is 4.75. The molecule has 0 spiro atoms. The van der Waals surface area contributed by atoms with Crippen LogP contribution in [-0.4, -0.2) is 27.7 Å². The third-order valence-electron chi connectivity index (χ3n) is 4.95. The predicted molar refractivity (Wildman–Crippen MR) is 123 cm³/mol. The maximum absolute atomic E-state index is 12.6. The van der Waals surface area contributed by atoms with Crippen molar-refractivity contribution in [3.8, 4) is 5.75 Å². The molecule has 0 unspecified atom stereocenters. The molecule has 0 atom stereocenters. The smallest absolute Gasteiger partial charge is 0.255 e. The number of fused-ring (bicyclic) bond motifs is 1. The lowest BCUT2D eigenvalue weighted by molar-refractivity contribution is 0.0954. The van der Waals surface area contributed by atoms with E-state index in [0.29, 0.717) is 35.7 Å². The van der Waals surface area contributed by atoms with E-state index in [0.717, 1.165) is 16.9 Å². The molecular formula is C25H24N4O3. The number of pyridine rings is 1. The van der Waals surface area contributed by atoms with Crippen molar-refractivity contribution in [2.45, 2.75) is 20.5 Å². The topological polar surface area (TPSA) is 84.7 Å². The first-order chi connectivity index (χ1) is 15.5. The van der Waals surface area contributed by atoms with Gasteiger partial charge in [0.15, 0.2) is 0 Å². The van der Waals surface area contributed by atoms with Crippen LogP contribution in [0.2, 0.25) is 0 Å². The number of aromatic nitrogens is 2. The minimum atomic E-state index is -0.263. The highest BCUT2D eigenvalue weighted by Gasteiger charge is 2.10. The Morgan fingerprint density at radius 3 is 2.56 bits per heavy atom. The molecular weight excluding hydrogens is 404 g/mol. The SMILES string of the molecule is CCNC(=O)c1cccc(NC(=O)c2ccc(OCc3cn4cccc(C)c4n3)cc2)c1. The molecule has 0 aliphatic heterocycles. The van der Waals surface area contributed by atoms with E-state index in [4.69, 9.17) is 4.74 Å². The van der Waals surface area contributed by atoms with E-state index in [2.05, 4.69) is 15.6 Å². The van der Waals surface area contributed by atoms with Gasteiger partial charge < -0.3 is 19.8 Å². The Morgan fingerprint density at radius 2 is 1.81 bits per heavy atom. The first-order valence-corrected chi connectivity index (χ1v) is 10.4. The zero-order valence-electron chi connectivity index (χ0n) is 18.0. The van der Waals surface area contributed by atoms with Crippen molar-refractivity contribution in [3.63, 3.8) is 0 Å². The fourth-order valence-electron chi connectivity index (χ4n) is 3.34. The van der Waals surface area contributed by atoms with Crippen LogP contribution in [0.25, 0.3) is 5.65 Å². The second kappa shape index (κ2) is 9.34. The molecule has 2 N–H and O–H groups in total. The van der Waals surface area contributed by atoms with Gasteiger partial charge >= 0.3 is 0 Å². The Labute approximate surface area is 186 Å². The summed E-state index contributed by atoms with van der Waals surface area (Å²) in [5.74, 6) is 0.208. The van der Waals surface area contributed by atoms with Crippen LogP contribution < -0.4 is 15.4 Å². The minimum Gasteiger partial charge on any atom is -0.487 e. The highest BCUT2D eigenvalue weighted by atomic mass is 16.5. The molecule has 7 nitrogen and oxygen atoms in total. The number of benzene rings is 2. The third kappa shape index (κ3) is 4.78. The molecule has 2 aromatic carbocycles. The van der Waals surface area contributed by atoms with Crippen molar-refractivity contribution in [2.24, 2.45) is 0 Å². The summed E-state index contributed by atoms with van der Waals surface area (Å²) in [4.78, 5) is 29.2. The average Bonchev–Trinajstić information content (AvgIpc) is 3.23. The van der Waals surface area contributed by atoms with Crippen molar-refractivity contribution in [3.05, 3.63) is 95.4 Å². The Balaban J connectivity index is 1.37. The number of ether oxygens (including phenoxy) is 1. The van der Waals surface area contributed by atoms with Gasteiger partial charge in [0.2, 0.25) is 0 Å². The van der Waals surface area contributed by atoms with Gasteiger partial charge in [-0.05, 0) is 67.9 Å². The van der Waals surface area contributed by atoms with Crippen LogP contribution in [0.4, 0.5) is 5.69 Å². The molecule has 4 aromatic rings. The number of hydrogen-bond acceptors (Lipinski definition) is 4. The molecule has 0 radical (unpaired) electrons. The fourth-order valence-corrected chi connectivity index (χ4v) is 3.34. The van der Waals surface area contributed by atoms with Crippen LogP contribution in [0.5, 0.6) is 5.75 Å². The van der Waals surface area contributed by atoms with Gasteiger partial charge in [0.25, 0.3) is 11.8 Å². The van der Waals surface area contributed by atoms with Crippen molar-refractivity contribution >= 4 is 23.1 Å². The van der Waals surface area contributed by atoms with Gasteiger partial charge in [-0.15, -0.1) is 0 Å². The lowest BCUT2D eigenvalue weighted by atomic mass is 10.1. The van der Waals surface area contributed by atoms with Crippen molar-refractivity contribution in [1.29, 1.82) is 0 Å². The van der Waals surface area contributed by atoms with Crippen LogP contribution >= 0.6 is 0 Å². The second-order valence-corrected chi connectivity index (χ2v) is 7.36. The number of carbonyl (C=O) groups is 2. The lowest BCUT2D eigenvalue weighted by Gasteiger charge is -2.09. The molecule has 162 valence electrons. The van der Waals surface area contributed by atoms with Crippen LogP contribution in [0.15, 0.2) is 73.1 Å². The Morgan fingerprint density at radius 1 is 1.00 bits per heavy atom. The average molecular weight is 428 g/mol. The number of aryl methyl sites for hydroxylation is 1. The molecule has 4 rings (SSSR count). The highest BCUT2D eigenvalue weighted by Crippen LogP contribution is 2.17. The number of nitrogens with zero attached hydrogens (tertiary/aromatic N) is 2. The van der Waals surface area contributed by atoms with Gasteiger partial charge in [0.05, 0.1) is 5.69 Å². The summed E-state index contributed by atoms with van der Waals surface area (Å²) < 4.78 is 7.80. The summed E-state index contributed by atoms with van der Waals surface area (Å²) in [6, 6.07) is 17.7. The lowest BCUT2D eigenvalue weighted by Crippen LogP contribution is -2.22. The number of anilines is 1. The van der Waals surface area contributed by atoms with Gasteiger partial charge in [0, 0.05) is 35.8 Å². The number of imidazole rings is 1. The van der Waals surface area contributed by atoms with E-state index in [-0.39, 0.29) is 11.8 Å². The normalized spacial score (nSPS) is 10.7. The molecule has 0 aliphatic rings. The first kappa shape index (κ1) is 21.1. The predicted octanol–water partition coefficient (Wildman–Crippen LogP) is 4.22. The molecule has 0 bridgehead atoms. The van der Waals surface area contributed by atoms with Crippen LogP contribution in [-0.2, 0) is 6.61 Å². The Kier molecular flexibility index (Phi) is 6.17. The maximum Gasteiger partial charge on any atom is 0.255 e. The maximum atomic E-state index is 12.6. The van der Waals surface area contributed by atoms with Crippen molar-refractivity contribution in [2.75, 3.05) is 11.9 Å². The zero-order chi connectivity index (χ0) is 22.5. The Hall–Kier alpha value is -4.13. The molecule has 0 fully saturated rings. The summed E-state index contributed by atoms with van der Waals surface area (Å²) >= 11 is 0. The largest absolute Gasteiger partial charge is 0.487 e. The zero-order valence-corrected chi connectivity index (χ0v) is 18.0. The second-order valence-electron chi connectivity index (χ2n) is 7.36. The summed E-state index contributed by atoms with van der Waals surface area (Å²) in [5, 5.41) is 5.56. The van der Waals surface area contributed by atoms with E-state index >= 15 is 0 Å². The number of carbonyl (C=O) groups excluding carboxylic acids is 2. The van der Waals surface area contributed by atoms with Gasteiger partial charge in [-0.2, -0.15) is 0 Å². The summed E-state index contributed by atoms with van der Waals surface area (Å²) in [6.07, 6.45) is 3.90. The fraction of sp³-hybridized carbons (Fsp3) is 0.160. The van der Waals surface area contributed by atoms with E-state index in [1.54, 1.807) is 48.5 Å². The highest BCUT2D eigenvalue weighted by molar-refractivity contribution is 6.05. The van der Waals surface area contributed by atoms with Crippen LogP contribution in [0.3, 0.4) is 0 Å². The van der Waals surface area contributed by atoms with E-state index in [1.807, 2.05) is 42.8 Å². The molecule has 0 saturated carbocycles. The van der Waals surface area contributed by atoms with Crippen molar-refractivity contribution < 1.29 is 14.3 Å². The van der Waals surface area contributed by atoms with Crippen molar-refractivity contribution in [1.82, 2.24) is 14.7 Å². The standard InChI is InChI=1S/C25H24N4O3/c1-3-26-24(30)19-7-4-8-20(14-19)28-25(31)18-9-11-22(12-10-18)32-16-21-15-29-13-5-6-17(2)23(29)27-21/h4-15H,3,16H2,1-2H3,(H,26,30)(H,28,31). The van der Waals surface area contributed by atoms with E-state index in [9.17, 15) is 9.59 Å². The third-order valence-corrected chi connectivity index (χ3v) is 4.95. The molecule has 2 amide bonds. The van der Waals surface area contributed by atoms with Gasteiger partial charge in [-0.3, -0.25) is 9.59 Å². The van der Waals surface area contributed by atoms with Crippen LogP contribution in [0.1, 0.15) is 38.9 Å². The number of nitrogens with one attached hydrogen (secondary N) is 2. The first-order valence-electron chi connectivity index (χ1n) is 10.4. The Bertz CT molecular complexity index is 1260. The van der Waals surface area contributed by atoms with E-state index in [1.165, 1.54) is 0 Å². The molecule has 0 saturated heterocycles. The summed E-state index contributed by atoms with van der Waals surface area (Å²) in [5.41, 5.74) is 4.38. The van der Waals surface area contributed by atoms with Crippen LogP contribution in [0, 0.1) is 6.92 Å². The molecule has 2 heterocycles. The molecule has 32 heavy (non-hydrogen) atoms. The van der Waals surface area contributed by atoms with Gasteiger partial charge in [-0.1, -0.05) is 12.1 Å². The molecule has 2 aromatic heterocycles. The van der Waals surface area contributed by atoms with E-state index < -0.39 is 0 Å². The molecule has 7 heteroatoms. The van der Waals surface area contributed by atoms with Gasteiger partial charge in [0.1, 0.15) is 18.0 Å². The number of rotatable bonds is 7. The molecule has 0 aliphatic carbocycles. The monoisotopic (exact) mass is 428 g/mol. The quantitative estimate of drug-likeness (QED) is 0.462. The minimum absolute atomic E-state index is 0.175. The summed E-state index contributed by atoms with van der Waals surface area (Å²) in [7, 11) is 0. The number of amides is 2. The number of hydrogen-bond donors (Lipinski definition) is 2. The van der Waals surface area contributed by atoms with Gasteiger partial charge in [-0.25, -0.2) is 4.98 Å².